The normalized spacial score (nSPS) is 9.59. The molecule has 0 spiro atoms. The van der Waals surface area contributed by atoms with Crippen LogP contribution in [0.1, 0.15) is 0 Å². The number of nitrogens with zero attached hydrogens (tertiary/aromatic N) is 6. The molecule has 0 saturated carbocycles. The van der Waals surface area contributed by atoms with E-state index in [-0.39, 0.29) is 11.0 Å². The predicted molar refractivity (Wildman–Crippen MR) is 123 cm³/mol. The zero-order chi connectivity index (χ0) is 20.6. The number of hydrogen-bond acceptors (Lipinski definition) is 8. The van der Waals surface area contributed by atoms with E-state index in [4.69, 9.17) is 34.7 Å². The average Bonchev–Trinajstić information content (AvgIpc) is 2.60. The first-order chi connectivity index (χ1) is 12.6. The van der Waals surface area contributed by atoms with Gasteiger partial charge in [-0.25, -0.2) is 29.9 Å². The van der Waals surface area contributed by atoms with Gasteiger partial charge in [-0.05, 0) is 79.6 Å². The third kappa shape index (κ3) is 9.72. The van der Waals surface area contributed by atoms with E-state index in [1.165, 1.54) is 12.4 Å². The monoisotopic (exact) mass is 728 g/mol. The van der Waals surface area contributed by atoms with E-state index in [1.54, 1.807) is 6.20 Å². The molecular formula is C12H7Br5Cl2N8. The smallest absolute Gasteiger partial charge is 0.171 e. The summed E-state index contributed by atoms with van der Waals surface area (Å²) in [4.78, 5) is 22.9. The van der Waals surface area contributed by atoms with Crippen molar-refractivity contribution in [3.05, 3.63) is 51.9 Å². The standard InChI is InChI=1S/C4HBr2ClN2.C4H3Br2N3.C4H3BrClN3/c2*5-2-1-8-4(7)3(6)9-2;5-2-1-8-3(6)4(7)9-2/h1H;1H,(H2,7,8);1H,(H2,7,9). The van der Waals surface area contributed by atoms with Crippen molar-refractivity contribution >= 4 is 114 Å². The lowest BCUT2D eigenvalue weighted by Gasteiger charge is -1.93. The van der Waals surface area contributed by atoms with E-state index in [1.807, 2.05) is 0 Å². The molecule has 0 aliphatic carbocycles. The van der Waals surface area contributed by atoms with Crippen LogP contribution in [0, 0.1) is 0 Å². The second-order valence-corrected chi connectivity index (χ2v) is 8.67. The molecule has 3 rings (SSSR count). The van der Waals surface area contributed by atoms with Crippen molar-refractivity contribution in [3.63, 3.8) is 0 Å². The molecule has 144 valence electrons. The number of rotatable bonds is 0. The molecule has 0 fully saturated rings. The van der Waals surface area contributed by atoms with Crippen LogP contribution in [-0.2, 0) is 0 Å². The van der Waals surface area contributed by atoms with Gasteiger partial charge in [0.15, 0.2) is 21.9 Å². The Balaban J connectivity index is 0.000000202. The summed E-state index contributed by atoms with van der Waals surface area (Å²) in [6, 6.07) is 0. The Morgan fingerprint density at radius 3 is 1.41 bits per heavy atom. The van der Waals surface area contributed by atoms with Crippen LogP contribution in [0.25, 0.3) is 0 Å². The average molecular weight is 734 g/mol. The van der Waals surface area contributed by atoms with Gasteiger partial charge in [0.05, 0.1) is 18.6 Å². The fourth-order valence-electron chi connectivity index (χ4n) is 1.05. The quantitative estimate of drug-likeness (QED) is 0.301. The number of aromatic nitrogens is 6. The first-order valence-electron chi connectivity index (χ1n) is 6.30. The highest BCUT2D eigenvalue weighted by Crippen LogP contribution is 2.18. The molecule has 3 aromatic rings. The molecule has 0 unspecified atom stereocenters. The van der Waals surface area contributed by atoms with Crippen LogP contribution < -0.4 is 11.5 Å². The first-order valence-corrected chi connectivity index (χ1v) is 11.0. The van der Waals surface area contributed by atoms with E-state index in [9.17, 15) is 0 Å². The molecule has 0 aliphatic rings. The van der Waals surface area contributed by atoms with Crippen LogP contribution in [0.2, 0.25) is 10.3 Å². The lowest BCUT2D eigenvalue weighted by molar-refractivity contribution is 1.13. The van der Waals surface area contributed by atoms with Crippen molar-refractivity contribution in [2.75, 3.05) is 11.5 Å². The molecule has 0 atom stereocenters. The minimum atomic E-state index is 0.234. The maximum absolute atomic E-state index is 5.54. The van der Waals surface area contributed by atoms with Crippen LogP contribution in [0.5, 0.6) is 0 Å². The van der Waals surface area contributed by atoms with Gasteiger partial charge in [-0.2, -0.15) is 0 Å². The van der Waals surface area contributed by atoms with Gasteiger partial charge in [0.2, 0.25) is 0 Å². The Morgan fingerprint density at radius 2 is 1.04 bits per heavy atom. The summed E-state index contributed by atoms with van der Waals surface area (Å²) in [5.74, 6) is 0.643. The number of nitrogens with two attached hydrogens (primary N) is 2. The zero-order valence-electron chi connectivity index (χ0n) is 12.7. The summed E-state index contributed by atoms with van der Waals surface area (Å²) < 4.78 is 3.04. The molecule has 8 nitrogen and oxygen atoms in total. The molecule has 0 amide bonds. The Morgan fingerprint density at radius 1 is 0.593 bits per heavy atom. The van der Waals surface area contributed by atoms with Crippen LogP contribution in [0.4, 0.5) is 11.6 Å². The highest BCUT2D eigenvalue weighted by atomic mass is 79.9. The fraction of sp³-hybridized carbons (Fsp3) is 0. The molecule has 0 saturated heterocycles. The molecule has 3 aromatic heterocycles. The maximum Gasteiger partial charge on any atom is 0.171 e. The van der Waals surface area contributed by atoms with Gasteiger partial charge in [-0.3, -0.25) is 0 Å². The minimum absolute atomic E-state index is 0.234. The minimum Gasteiger partial charge on any atom is -0.381 e. The Hall–Kier alpha value is -0.180. The predicted octanol–water partition coefficient (Wildman–Crippen LogP) is 5.71. The van der Waals surface area contributed by atoms with Gasteiger partial charge in [0, 0.05) is 0 Å². The summed E-state index contributed by atoms with van der Waals surface area (Å²) in [5.41, 5.74) is 10.6. The Labute approximate surface area is 205 Å². The summed E-state index contributed by atoms with van der Waals surface area (Å²) in [6.45, 7) is 0. The van der Waals surface area contributed by atoms with Gasteiger partial charge in [0.1, 0.15) is 23.0 Å². The van der Waals surface area contributed by atoms with Gasteiger partial charge in [-0.15, -0.1) is 0 Å². The molecule has 15 heteroatoms. The summed E-state index contributed by atoms with van der Waals surface area (Å²) in [5, 5.41) is 0.608. The third-order valence-electron chi connectivity index (χ3n) is 2.11. The van der Waals surface area contributed by atoms with E-state index in [0.717, 1.165) is 0 Å². The van der Waals surface area contributed by atoms with Gasteiger partial charge in [0.25, 0.3) is 0 Å². The van der Waals surface area contributed by atoms with Crippen LogP contribution in [0.15, 0.2) is 41.6 Å². The topological polar surface area (TPSA) is 129 Å². The summed E-state index contributed by atoms with van der Waals surface area (Å²) >= 11 is 26.6. The van der Waals surface area contributed by atoms with Crippen LogP contribution in [0.3, 0.4) is 0 Å². The Bertz CT molecular complexity index is 799. The SMILES string of the molecule is Clc1ncc(Br)nc1Br.Nc1nc(Br)cnc1Cl.Nc1ncc(Br)nc1Br. The lowest BCUT2D eigenvalue weighted by Crippen LogP contribution is -1.92. The molecule has 3 heterocycles. The maximum atomic E-state index is 5.54. The number of halogens is 7. The molecule has 0 bridgehead atoms. The number of hydrogen-bond donors (Lipinski definition) is 2. The second-order valence-electron chi connectivity index (χ2n) is 4.01. The molecule has 0 radical (unpaired) electrons. The largest absolute Gasteiger partial charge is 0.381 e. The molecule has 27 heavy (non-hydrogen) atoms. The highest BCUT2D eigenvalue weighted by Gasteiger charge is 1.98. The first kappa shape index (κ1) is 24.9. The van der Waals surface area contributed by atoms with E-state index in [2.05, 4.69) is 110 Å². The van der Waals surface area contributed by atoms with Crippen molar-refractivity contribution < 1.29 is 0 Å². The van der Waals surface area contributed by atoms with Crippen molar-refractivity contribution in [2.45, 2.75) is 0 Å². The third-order valence-corrected chi connectivity index (χ3v) is 5.19. The van der Waals surface area contributed by atoms with Crippen LogP contribution >= 0.6 is 103 Å². The zero-order valence-corrected chi connectivity index (χ0v) is 22.2. The Kier molecular flexibility index (Phi) is 11.4. The van der Waals surface area contributed by atoms with E-state index >= 15 is 0 Å². The molecular weight excluding hydrogens is 727 g/mol. The van der Waals surface area contributed by atoms with Crippen LogP contribution in [-0.4, -0.2) is 29.9 Å². The van der Waals surface area contributed by atoms with Crippen molar-refractivity contribution in [1.82, 2.24) is 29.9 Å². The van der Waals surface area contributed by atoms with Gasteiger partial charge >= 0.3 is 0 Å². The second kappa shape index (κ2) is 12.4. The van der Waals surface area contributed by atoms with E-state index in [0.29, 0.717) is 34.0 Å². The van der Waals surface area contributed by atoms with Crippen molar-refractivity contribution in [1.29, 1.82) is 0 Å². The molecule has 0 aromatic carbocycles. The summed E-state index contributed by atoms with van der Waals surface area (Å²) in [7, 11) is 0. The number of nitrogen functional groups attached to an aromatic ring is 2. The summed E-state index contributed by atoms with van der Waals surface area (Å²) in [6.07, 6.45) is 4.56. The van der Waals surface area contributed by atoms with Crippen molar-refractivity contribution in [3.8, 4) is 0 Å². The van der Waals surface area contributed by atoms with Crippen molar-refractivity contribution in [2.24, 2.45) is 0 Å². The lowest BCUT2D eigenvalue weighted by atomic mass is 10.7. The van der Waals surface area contributed by atoms with E-state index < -0.39 is 0 Å². The van der Waals surface area contributed by atoms with Gasteiger partial charge < -0.3 is 11.5 Å². The molecule has 0 aliphatic heterocycles. The van der Waals surface area contributed by atoms with Gasteiger partial charge in [-0.1, -0.05) is 23.2 Å². The molecule has 4 N–H and O–H groups in total. The highest BCUT2D eigenvalue weighted by molar-refractivity contribution is 9.11. The number of anilines is 2. The fourth-order valence-corrected chi connectivity index (χ4v) is 3.15.